The van der Waals surface area contributed by atoms with Gasteiger partial charge in [-0.25, -0.2) is 0 Å². The first-order chi connectivity index (χ1) is 9.26. The number of hydrogen-bond acceptors (Lipinski definition) is 3. The Morgan fingerprint density at radius 3 is 2.63 bits per heavy atom. The van der Waals surface area contributed by atoms with Crippen molar-refractivity contribution in [3.63, 3.8) is 0 Å². The maximum Gasteiger partial charge on any atom is 0.0584 e. The van der Waals surface area contributed by atoms with Crippen LogP contribution in [0.5, 0.6) is 0 Å². The molecule has 1 aliphatic carbocycles. The largest absolute Gasteiger partial charge is 0.271 e. The van der Waals surface area contributed by atoms with Crippen LogP contribution >= 0.6 is 11.3 Å². The van der Waals surface area contributed by atoms with E-state index in [0.717, 1.165) is 11.8 Å². The lowest BCUT2D eigenvalue weighted by atomic mass is 9.76. The van der Waals surface area contributed by atoms with Crippen LogP contribution in [0.25, 0.3) is 0 Å². The van der Waals surface area contributed by atoms with Crippen LogP contribution in [0.3, 0.4) is 0 Å². The lowest BCUT2D eigenvalue weighted by molar-refractivity contribution is 0.215. The number of hydrazine groups is 1. The predicted molar refractivity (Wildman–Crippen MR) is 84.1 cm³/mol. The van der Waals surface area contributed by atoms with Crippen LogP contribution in [0, 0.1) is 18.8 Å². The van der Waals surface area contributed by atoms with Crippen molar-refractivity contribution in [1.29, 1.82) is 0 Å². The van der Waals surface area contributed by atoms with Crippen molar-refractivity contribution in [3.8, 4) is 0 Å². The molecule has 1 saturated carbocycles. The first-order valence-corrected chi connectivity index (χ1v) is 8.64. The van der Waals surface area contributed by atoms with Crippen LogP contribution in [0.15, 0.2) is 11.4 Å². The lowest BCUT2D eigenvalue weighted by Crippen LogP contribution is -2.35. The van der Waals surface area contributed by atoms with Gasteiger partial charge in [0, 0.05) is 4.88 Å². The summed E-state index contributed by atoms with van der Waals surface area (Å²) in [5.41, 5.74) is 4.47. The number of thiophene rings is 1. The molecule has 0 aliphatic heterocycles. The van der Waals surface area contributed by atoms with E-state index in [1.54, 1.807) is 0 Å². The first kappa shape index (κ1) is 15.0. The van der Waals surface area contributed by atoms with Gasteiger partial charge in [0.05, 0.1) is 6.04 Å². The molecule has 108 valence electrons. The maximum absolute atomic E-state index is 5.84. The van der Waals surface area contributed by atoms with Crippen molar-refractivity contribution in [2.75, 3.05) is 0 Å². The molecule has 1 aliphatic rings. The predicted octanol–water partition coefficient (Wildman–Crippen LogP) is 4.56. The zero-order valence-corrected chi connectivity index (χ0v) is 13.1. The van der Waals surface area contributed by atoms with Crippen molar-refractivity contribution in [1.82, 2.24) is 5.43 Å². The fraction of sp³-hybridized carbons (Fsp3) is 0.750. The van der Waals surface area contributed by atoms with Crippen LogP contribution in [-0.4, -0.2) is 0 Å². The van der Waals surface area contributed by atoms with Crippen molar-refractivity contribution in [3.05, 3.63) is 21.9 Å². The van der Waals surface area contributed by atoms with Gasteiger partial charge >= 0.3 is 0 Å². The molecule has 2 rings (SSSR count). The SMILES string of the molecule is CCCCC1CCC(C(NN)c2sccc2C)CC1. The smallest absolute Gasteiger partial charge is 0.0584 e. The second-order valence-corrected chi connectivity index (χ2v) is 6.98. The number of nitrogens with one attached hydrogen (secondary N) is 1. The zero-order chi connectivity index (χ0) is 13.7. The standard InChI is InChI=1S/C16H28N2S/c1-3-4-5-13-6-8-14(9-7-13)15(18-17)16-12(2)10-11-19-16/h10-11,13-15,18H,3-9,17H2,1-2H3. The van der Waals surface area contributed by atoms with E-state index >= 15 is 0 Å². The molecule has 0 bridgehead atoms. The molecule has 1 unspecified atom stereocenters. The molecule has 2 nitrogen and oxygen atoms in total. The van der Waals surface area contributed by atoms with E-state index in [9.17, 15) is 0 Å². The summed E-state index contributed by atoms with van der Waals surface area (Å²) in [5, 5.41) is 2.18. The van der Waals surface area contributed by atoms with E-state index in [0.29, 0.717) is 6.04 Å². The monoisotopic (exact) mass is 280 g/mol. The highest BCUT2D eigenvalue weighted by Crippen LogP contribution is 2.40. The Labute approximate surface area is 121 Å². The molecule has 0 saturated heterocycles. The Morgan fingerprint density at radius 2 is 2.11 bits per heavy atom. The average Bonchev–Trinajstić information content (AvgIpc) is 2.85. The minimum Gasteiger partial charge on any atom is -0.271 e. The van der Waals surface area contributed by atoms with Gasteiger partial charge in [0.15, 0.2) is 0 Å². The second kappa shape index (κ2) is 7.41. The van der Waals surface area contributed by atoms with Crippen molar-refractivity contribution >= 4 is 11.3 Å². The van der Waals surface area contributed by atoms with Gasteiger partial charge in [-0.3, -0.25) is 11.3 Å². The highest BCUT2D eigenvalue weighted by atomic mass is 32.1. The number of nitrogens with two attached hydrogens (primary N) is 1. The number of rotatable bonds is 6. The Balaban J connectivity index is 1.90. The second-order valence-electron chi connectivity index (χ2n) is 6.04. The van der Waals surface area contributed by atoms with Crippen molar-refractivity contribution in [2.45, 2.75) is 64.8 Å². The molecule has 1 heterocycles. The average molecular weight is 280 g/mol. The summed E-state index contributed by atoms with van der Waals surface area (Å²) in [6.45, 7) is 4.49. The molecule has 0 amide bonds. The molecule has 1 atom stereocenters. The zero-order valence-electron chi connectivity index (χ0n) is 12.3. The molecular weight excluding hydrogens is 252 g/mol. The molecule has 1 aromatic heterocycles. The summed E-state index contributed by atoms with van der Waals surface area (Å²) in [6.07, 6.45) is 9.63. The van der Waals surface area contributed by atoms with Gasteiger partial charge in [0.1, 0.15) is 0 Å². The number of hydrogen-bond donors (Lipinski definition) is 2. The Hall–Kier alpha value is -0.380. The van der Waals surface area contributed by atoms with E-state index in [4.69, 9.17) is 5.84 Å². The van der Waals surface area contributed by atoms with E-state index in [1.807, 2.05) is 11.3 Å². The third-order valence-electron chi connectivity index (χ3n) is 4.69. The summed E-state index contributed by atoms with van der Waals surface area (Å²) in [7, 11) is 0. The van der Waals surface area contributed by atoms with Gasteiger partial charge in [-0.15, -0.1) is 11.3 Å². The Kier molecular flexibility index (Phi) is 5.86. The topological polar surface area (TPSA) is 38.0 Å². The summed E-state index contributed by atoms with van der Waals surface area (Å²) in [5.74, 6) is 7.53. The number of aryl methyl sites for hydroxylation is 1. The lowest BCUT2D eigenvalue weighted by Gasteiger charge is -2.33. The molecule has 3 heteroatoms. The van der Waals surface area contributed by atoms with Gasteiger partial charge in [-0.2, -0.15) is 0 Å². The quantitative estimate of drug-likeness (QED) is 0.592. The summed E-state index contributed by atoms with van der Waals surface area (Å²) in [4.78, 5) is 1.44. The fourth-order valence-corrected chi connectivity index (χ4v) is 4.51. The van der Waals surface area contributed by atoms with E-state index in [1.165, 1.54) is 55.4 Å². The minimum absolute atomic E-state index is 0.368. The molecule has 19 heavy (non-hydrogen) atoms. The number of unbranched alkanes of at least 4 members (excludes halogenated alkanes) is 1. The van der Waals surface area contributed by atoms with E-state index in [2.05, 4.69) is 30.7 Å². The van der Waals surface area contributed by atoms with Crippen LogP contribution < -0.4 is 11.3 Å². The van der Waals surface area contributed by atoms with Gasteiger partial charge in [0.2, 0.25) is 0 Å². The van der Waals surface area contributed by atoms with E-state index < -0.39 is 0 Å². The molecule has 1 aromatic rings. The summed E-state index contributed by atoms with van der Waals surface area (Å²) < 4.78 is 0. The van der Waals surface area contributed by atoms with Gasteiger partial charge < -0.3 is 0 Å². The fourth-order valence-electron chi connectivity index (χ4n) is 3.43. The van der Waals surface area contributed by atoms with Crippen LogP contribution in [0.1, 0.15) is 68.4 Å². The molecule has 1 fully saturated rings. The molecule has 0 spiro atoms. The van der Waals surface area contributed by atoms with E-state index in [-0.39, 0.29) is 0 Å². The third-order valence-corrected chi connectivity index (χ3v) is 5.79. The molecule has 0 aromatic carbocycles. The minimum atomic E-state index is 0.368. The van der Waals surface area contributed by atoms with Crippen LogP contribution in [0.4, 0.5) is 0 Å². The van der Waals surface area contributed by atoms with Crippen molar-refractivity contribution in [2.24, 2.45) is 17.7 Å². The van der Waals surface area contributed by atoms with Gasteiger partial charge in [-0.05, 0) is 48.6 Å². The highest BCUT2D eigenvalue weighted by molar-refractivity contribution is 7.10. The van der Waals surface area contributed by atoms with Gasteiger partial charge in [-0.1, -0.05) is 39.0 Å². The Morgan fingerprint density at radius 1 is 1.37 bits per heavy atom. The Bertz CT molecular complexity index is 367. The summed E-state index contributed by atoms with van der Waals surface area (Å²) in [6, 6.07) is 2.57. The normalized spacial score (nSPS) is 25.4. The third kappa shape index (κ3) is 3.80. The highest BCUT2D eigenvalue weighted by Gasteiger charge is 2.29. The molecule has 3 N–H and O–H groups in total. The summed E-state index contributed by atoms with van der Waals surface area (Å²) >= 11 is 1.85. The molecular formula is C16H28N2S. The van der Waals surface area contributed by atoms with Gasteiger partial charge in [0.25, 0.3) is 0 Å². The van der Waals surface area contributed by atoms with Crippen LogP contribution in [0.2, 0.25) is 0 Å². The maximum atomic E-state index is 5.84. The molecule has 0 radical (unpaired) electrons. The first-order valence-electron chi connectivity index (χ1n) is 7.76. The van der Waals surface area contributed by atoms with Crippen molar-refractivity contribution < 1.29 is 0 Å². The van der Waals surface area contributed by atoms with Crippen LogP contribution in [-0.2, 0) is 0 Å².